The zero-order chi connectivity index (χ0) is 26.5. The van der Waals surface area contributed by atoms with E-state index in [0.29, 0.717) is 13.0 Å². The maximum atomic E-state index is 12.3. The zero-order valence-electron chi connectivity index (χ0n) is 22.6. The average Bonchev–Trinajstić information content (AvgIpc) is 3.46. The number of para-hydroxylation sites is 2. The zero-order valence-corrected chi connectivity index (χ0v) is 23.4. The number of nitrogens with zero attached hydrogens (tertiary/aromatic N) is 2. The maximum Gasteiger partial charge on any atom is 0.220 e. The van der Waals surface area contributed by atoms with Crippen LogP contribution in [0.5, 0.6) is 0 Å². The second-order valence-corrected chi connectivity index (χ2v) is 11.2. The number of aryl methyl sites for hydroxylation is 2. The second-order valence-electron chi connectivity index (χ2n) is 10.1. The molecule has 0 bridgehead atoms. The monoisotopic (exact) mass is 525 g/mol. The molecule has 38 heavy (non-hydrogen) atoms. The topological polar surface area (TPSA) is 52.0 Å². The number of aromatic amines is 1. The maximum absolute atomic E-state index is 12.3. The van der Waals surface area contributed by atoms with Crippen LogP contribution in [0.1, 0.15) is 48.2 Å². The number of nitrogens with one attached hydrogen (secondary N) is 2. The van der Waals surface area contributed by atoms with Gasteiger partial charge in [0, 0.05) is 74.4 Å². The van der Waals surface area contributed by atoms with Crippen molar-refractivity contribution in [3.05, 3.63) is 94.4 Å². The number of aromatic nitrogens is 2. The van der Waals surface area contributed by atoms with Crippen molar-refractivity contribution in [2.45, 2.75) is 57.4 Å². The fourth-order valence-corrected chi connectivity index (χ4v) is 6.39. The third-order valence-corrected chi connectivity index (χ3v) is 8.51. The molecule has 196 valence electrons. The molecule has 1 aliphatic rings. The first-order valence-electron chi connectivity index (χ1n) is 13.5. The van der Waals surface area contributed by atoms with E-state index >= 15 is 0 Å². The molecule has 1 aliphatic heterocycles. The lowest BCUT2D eigenvalue weighted by Crippen LogP contribution is -2.40. The first-order valence-corrected chi connectivity index (χ1v) is 14.4. The Morgan fingerprint density at radius 2 is 1.79 bits per heavy atom. The summed E-state index contributed by atoms with van der Waals surface area (Å²) in [5.74, 6) is 0.152. The lowest BCUT2D eigenvalue weighted by Gasteiger charge is -2.13. The Balaban J connectivity index is 1.05. The highest BCUT2D eigenvalue weighted by atomic mass is 32.2. The van der Waals surface area contributed by atoms with E-state index in [4.69, 9.17) is 0 Å². The Kier molecular flexibility index (Phi) is 8.18. The number of hydrogen-bond donors (Lipinski definition) is 2. The van der Waals surface area contributed by atoms with Crippen LogP contribution < -0.4 is 14.8 Å². The number of H-pyrrole nitrogens is 1. The van der Waals surface area contributed by atoms with Crippen LogP contribution in [0.3, 0.4) is 0 Å². The summed E-state index contributed by atoms with van der Waals surface area (Å²) in [6.45, 7) is 6.04. The van der Waals surface area contributed by atoms with Crippen molar-refractivity contribution < 1.29 is 9.36 Å². The molecule has 0 aliphatic carbocycles. The van der Waals surface area contributed by atoms with Crippen molar-refractivity contribution in [2.75, 3.05) is 18.5 Å². The highest BCUT2D eigenvalue weighted by molar-refractivity contribution is 8.03. The summed E-state index contributed by atoms with van der Waals surface area (Å²) in [6.07, 6.45) is 8.82. The number of rotatable bonds is 10. The molecule has 2 aromatic carbocycles. The summed E-state index contributed by atoms with van der Waals surface area (Å²) in [5.41, 5.74) is 7.46. The third kappa shape index (κ3) is 5.97. The number of amides is 1. The normalized spacial score (nSPS) is 13.9. The standard InChI is InChI=1S/C32H36N4OS/c1-23-19-25(21-32-35(3)29-13-8-9-14-30(29)38-32)20-24(2)36(23)18-10-4-5-15-31(37)33-17-16-26-22-34-28-12-7-6-11-27(26)28/h6-9,11-14,19-22,34H,4-5,10,15-18H2,1-3H3/p+1. The van der Waals surface area contributed by atoms with E-state index in [2.05, 4.69) is 101 Å². The van der Waals surface area contributed by atoms with E-state index in [1.54, 1.807) is 0 Å². The molecule has 0 radical (unpaired) electrons. The molecule has 0 unspecified atom stereocenters. The molecule has 0 saturated heterocycles. The fraction of sp³-hybridized carbons (Fsp3) is 0.312. The van der Waals surface area contributed by atoms with E-state index in [1.165, 1.54) is 43.5 Å². The Bertz CT molecular complexity index is 1450. The van der Waals surface area contributed by atoms with Gasteiger partial charge in [0.2, 0.25) is 5.91 Å². The third-order valence-electron chi connectivity index (χ3n) is 7.34. The molecule has 0 atom stereocenters. The SMILES string of the molecule is Cc1cc(C=C2Sc3ccccc3N2C)cc(C)[n+]1CCCCCC(=O)NCCc1c[nH]c2ccccc12. The molecule has 0 spiro atoms. The number of thioether (sulfide) groups is 1. The number of fused-ring (bicyclic) bond motifs is 2. The quantitative estimate of drug-likeness (QED) is 0.183. The van der Waals surface area contributed by atoms with Crippen molar-refractivity contribution in [3.8, 4) is 0 Å². The van der Waals surface area contributed by atoms with Crippen molar-refractivity contribution in [3.63, 3.8) is 0 Å². The summed E-state index contributed by atoms with van der Waals surface area (Å²) >= 11 is 1.83. The summed E-state index contributed by atoms with van der Waals surface area (Å²) in [5, 5.41) is 5.58. The molecule has 5 nitrogen and oxygen atoms in total. The van der Waals surface area contributed by atoms with Crippen molar-refractivity contribution in [2.24, 2.45) is 0 Å². The van der Waals surface area contributed by atoms with Gasteiger partial charge in [-0.05, 0) is 54.7 Å². The van der Waals surface area contributed by atoms with Gasteiger partial charge in [0.1, 0.15) is 6.54 Å². The molecular formula is C32H37N4OS+. The molecule has 3 heterocycles. The summed E-state index contributed by atoms with van der Waals surface area (Å²) in [6, 6.07) is 21.4. The van der Waals surface area contributed by atoms with Crippen LogP contribution in [0.4, 0.5) is 5.69 Å². The van der Waals surface area contributed by atoms with Crippen LogP contribution in [-0.4, -0.2) is 24.5 Å². The van der Waals surface area contributed by atoms with Gasteiger partial charge in [-0.2, -0.15) is 0 Å². The Morgan fingerprint density at radius 1 is 1.03 bits per heavy atom. The first kappa shape index (κ1) is 26.1. The Morgan fingerprint density at radius 3 is 2.61 bits per heavy atom. The lowest BCUT2D eigenvalue weighted by molar-refractivity contribution is -0.709. The Hall–Kier alpha value is -3.51. The van der Waals surface area contributed by atoms with Gasteiger partial charge in [0.05, 0.1) is 10.7 Å². The molecule has 0 saturated carbocycles. The number of anilines is 1. The largest absolute Gasteiger partial charge is 0.361 e. The fourth-order valence-electron chi connectivity index (χ4n) is 5.28. The first-order chi connectivity index (χ1) is 18.5. The van der Waals surface area contributed by atoms with Crippen LogP contribution >= 0.6 is 11.8 Å². The van der Waals surface area contributed by atoms with Crippen LogP contribution in [0.2, 0.25) is 0 Å². The van der Waals surface area contributed by atoms with Crippen LogP contribution in [-0.2, 0) is 17.8 Å². The number of unbranched alkanes of at least 4 members (excludes halogenated alkanes) is 2. The van der Waals surface area contributed by atoms with Gasteiger partial charge in [-0.15, -0.1) is 0 Å². The van der Waals surface area contributed by atoms with Gasteiger partial charge in [-0.1, -0.05) is 42.1 Å². The number of pyridine rings is 1. The van der Waals surface area contributed by atoms with Crippen molar-refractivity contribution >= 4 is 40.3 Å². The smallest absolute Gasteiger partial charge is 0.220 e. The molecule has 5 rings (SSSR count). The number of hydrogen-bond acceptors (Lipinski definition) is 3. The lowest BCUT2D eigenvalue weighted by atomic mass is 10.1. The Labute approximate surface area is 230 Å². The van der Waals surface area contributed by atoms with Gasteiger partial charge in [-0.25, -0.2) is 4.57 Å². The predicted octanol–water partition coefficient (Wildman–Crippen LogP) is 6.53. The predicted molar refractivity (Wildman–Crippen MR) is 158 cm³/mol. The number of carbonyl (C=O) groups is 1. The van der Waals surface area contributed by atoms with E-state index in [-0.39, 0.29) is 5.91 Å². The summed E-state index contributed by atoms with van der Waals surface area (Å²) in [7, 11) is 2.14. The molecule has 1 amide bonds. The van der Waals surface area contributed by atoms with Crippen molar-refractivity contribution in [1.82, 2.24) is 10.3 Å². The highest BCUT2D eigenvalue weighted by Gasteiger charge is 2.22. The van der Waals surface area contributed by atoms with E-state index in [0.717, 1.165) is 37.7 Å². The highest BCUT2D eigenvalue weighted by Crippen LogP contribution is 2.45. The van der Waals surface area contributed by atoms with Gasteiger partial charge < -0.3 is 15.2 Å². The average molecular weight is 526 g/mol. The minimum atomic E-state index is 0.152. The molecular weight excluding hydrogens is 488 g/mol. The van der Waals surface area contributed by atoms with Crippen LogP contribution in [0.25, 0.3) is 17.0 Å². The summed E-state index contributed by atoms with van der Waals surface area (Å²) in [4.78, 5) is 19.2. The van der Waals surface area contributed by atoms with Gasteiger partial charge in [0.15, 0.2) is 11.4 Å². The molecule has 2 N–H and O–H groups in total. The molecule has 0 fully saturated rings. The minimum Gasteiger partial charge on any atom is -0.361 e. The van der Waals surface area contributed by atoms with Gasteiger partial charge in [0.25, 0.3) is 0 Å². The van der Waals surface area contributed by atoms with Crippen molar-refractivity contribution in [1.29, 1.82) is 0 Å². The minimum absolute atomic E-state index is 0.152. The molecule has 6 heteroatoms. The van der Waals surface area contributed by atoms with Crippen LogP contribution in [0, 0.1) is 13.8 Å². The van der Waals surface area contributed by atoms with E-state index < -0.39 is 0 Å². The van der Waals surface area contributed by atoms with Crippen LogP contribution in [0.15, 0.2) is 76.8 Å². The summed E-state index contributed by atoms with van der Waals surface area (Å²) < 4.78 is 2.39. The number of carbonyl (C=O) groups excluding carboxylic acids is 1. The van der Waals surface area contributed by atoms with E-state index in [1.807, 2.05) is 24.0 Å². The van der Waals surface area contributed by atoms with Gasteiger partial charge >= 0.3 is 0 Å². The van der Waals surface area contributed by atoms with Gasteiger partial charge in [-0.3, -0.25) is 4.79 Å². The molecule has 2 aromatic heterocycles. The molecule has 4 aromatic rings. The second kappa shape index (κ2) is 11.9. The number of benzene rings is 2. The van der Waals surface area contributed by atoms with E-state index in [9.17, 15) is 4.79 Å².